The fourth-order valence-electron chi connectivity index (χ4n) is 2.77. The second-order valence-corrected chi connectivity index (χ2v) is 5.23. The zero-order valence-corrected chi connectivity index (χ0v) is 10.3. The number of rotatable bonds is 3. The van der Waals surface area contributed by atoms with Crippen LogP contribution in [0.4, 0.5) is 0 Å². The van der Waals surface area contributed by atoms with E-state index in [0.717, 1.165) is 25.4 Å². The van der Waals surface area contributed by atoms with Crippen LogP contribution in [-0.4, -0.2) is 25.1 Å². The minimum absolute atomic E-state index is 0.364. The summed E-state index contributed by atoms with van der Waals surface area (Å²) in [4.78, 5) is 4.59. The lowest BCUT2D eigenvalue weighted by Gasteiger charge is -2.21. The van der Waals surface area contributed by atoms with Crippen molar-refractivity contribution >= 4 is 5.84 Å². The second kappa shape index (κ2) is 5.67. The minimum Gasteiger partial charge on any atom is -0.387 e. The van der Waals surface area contributed by atoms with Gasteiger partial charge >= 0.3 is 0 Å². The molecule has 2 N–H and O–H groups in total. The van der Waals surface area contributed by atoms with E-state index < -0.39 is 0 Å². The predicted octanol–water partition coefficient (Wildman–Crippen LogP) is 2.35. The normalized spacial score (nSPS) is 33.2. The van der Waals surface area contributed by atoms with Gasteiger partial charge in [-0.25, -0.2) is 0 Å². The van der Waals surface area contributed by atoms with Gasteiger partial charge in [0.2, 0.25) is 0 Å². The first-order valence-electron chi connectivity index (χ1n) is 6.69. The standard InChI is InChI=1S/C13H24N2O/c1-10-12(7-8-16-10)9-15-13(14)11-5-3-2-4-6-11/h10-12H,2-9H2,1H3,(H2,14,15). The molecule has 2 fully saturated rings. The van der Waals surface area contributed by atoms with Crippen molar-refractivity contribution in [2.75, 3.05) is 13.2 Å². The molecule has 3 nitrogen and oxygen atoms in total. The summed E-state index contributed by atoms with van der Waals surface area (Å²) in [6.45, 7) is 3.90. The molecule has 0 spiro atoms. The number of hydrogen-bond acceptors (Lipinski definition) is 2. The number of nitrogens with zero attached hydrogens (tertiary/aromatic N) is 1. The van der Waals surface area contributed by atoms with Crippen LogP contribution < -0.4 is 5.73 Å². The molecule has 0 radical (unpaired) electrons. The zero-order chi connectivity index (χ0) is 11.4. The third kappa shape index (κ3) is 2.97. The second-order valence-electron chi connectivity index (χ2n) is 5.23. The number of aliphatic imine (C=N–C) groups is 1. The highest BCUT2D eigenvalue weighted by Gasteiger charge is 2.24. The Morgan fingerprint density at radius 3 is 2.62 bits per heavy atom. The first-order chi connectivity index (χ1) is 7.77. The summed E-state index contributed by atoms with van der Waals surface area (Å²) in [7, 11) is 0. The lowest BCUT2D eigenvalue weighted by atomic mass is 9.88. The van der Waals surface area contributed by atoms with Crippen LogP contribution in [-0.2, 0) is 4.74 Å². The SMILES string of the molecule is CC1OCCC1CN=C(N)C1CCCCC1. The smallest absolute Gasteiger partial charge is 0.0968 e. The highest BCUT2D eigenvalue weighted by Crippen LogP contribution is 2.25. The van der Waals surface area contributed by atoms with E-state index in [4.69, 9.17) is 10.5 Å². The highest BCUT2D eigenvalue weighted by atomic mass is 16.5. The Hall–Kier alpha value is -0.570. The van der Waals surface area contributed by atoms with Crippen LogP contribution in [0, 0.1) is 11.8 Å². The molecule has 1 saturated carbocycles. The van der Waals surface area contributed by atoms with E-state index in [9.17, 15) is 0 Å². The van der Waals surface area contributed by atoms with Crippen molar-refractivity contribution in [3.63, 3.8) is 0 Å². The van der Waals surface area contributed by atoms with Crippen molar-refractivity contribution in [1.29, 1.82) is 0 Å². The lowest BCUT2D eigenvalue weighted by Crippen LogP contribution is -2.27. The first kappa shape index (κ1) is 11.9. The molecular weight excluding hydrogens is 200 g/mol. The van der Waals surface area contributed by atoms with Gasteiger partial charge in [0.15, 0.2) is 0 Å². The molecule has 2 unspecified atom stereocenters. The summed E-state index contributed by atoms with van der Waals surface area (Å²) >= 11 is 0. The molecule has 0 amide bonds. The summed E-state index contributed by atoms with van der Waals surface area (Å²) in [5, 5.41) is 0. The summed E-state index contributed by atoms with van der Waals surface area (Å²) in [6.07, 6.45) is 8.01. The molecule has 1 heterocycles. The van der Waals surface area contributed by atoms with Gasteiger partial charge < -0.3 is 10.5 Å². The molecule has 2 aliphatic rings. The minimum atomic E-state index is 0.364. The van der Waals surface area contributed by atoms with Crippen molar-refractivity contribution in [2.45, 2.75) is 51.6 Å². The van der Waals surface area contributed by atoms with E-state index in [-0.39, 0.29) is 0 Å². The predicted molar refractivity (Wildman–Crippen MR) is 66.6 cm³/mol. The Labute approximate surface area is 98.5 Å². The topological polar surface area (TPSA) is 47.6 Å². The zero-order valence-electron chi connectivity index (χ0n) is 10.3. The van der Waals surface area contributed by atoms with E-state index in [1.54, 1.807) is 0 Å². The molecule has 1 aliphatic carbocycles. The molecule has 2 atom stereocenters. The monoisotopic (exact) mass is 224 g/mol. The molecule has 0 aromatic rings. The Morgan fingerprint density at radius 2 is 2.00 bits per heavy atom. The first-order valence-corrected chi connectivity index (χ1v) is 6.69. The molecule has 16 heavy (non-hydrogen) atoms. The highest BCUT2D eigenvalue weighted by molar-refractivity contribution is 5.82. The van der Waals surface area contributed by atoms with Crippen LogP contribution in [0.5, 0.6) is 0 Å². The molecular formula is C13H24N2O. The molecule has 0 aromatic heterocycles. The molecule has 1 aliphatic heterocycles. The molecule has 92 valence electrons. The van der Waals surface area contributed by atoms with Crippen LogP contribution in [0.1, 0.15) is 45.4 Å². The summed E-state index contributed by atoms with van der Waals surface area (Å²) < 4.78 is 5.53. The fourth-order valence-corrected chi connectivity index (χ4v) is 2.77. The van der Waals surface area contributed by atoms with Crippen LogP contribution in [0.15, 0.2) is 4.99 Å². The third-order valence-corrected chi connectivity index (χ3v) is 4.07. The number of hydrogen-bond donors (Lipinski definition) is 1. The van der Waals surface area contributed by atoms with Crippen molar-refractivity contribution in [1.82, 2.24) is 0 Å². The van der Waals surface area contributed by atoms with Gasteiger partial charge in [0.25, 0.3) is 0 Å². The average Bonchev–Trinajstić information content (AvgIpc) is 2.73. The van der Waals surface area contributed by atoms with Crippen LogP contribution in [0.3, 0.4) is 0 Å². The largest absolute Gasteiger partial charge is 0.387 e. The summed E-state index contributed by atoms with van der Waals surface area (Å²) in [5.41, 5.74) is 6.08. The number of nitrogens with two attached hydrogens (primary N) is 1. The van der Waals surface area contributed by atoms with Crippen LogP contribution in [0.25, 0.3) is 0 Å². The third-order valence-electron chi connectivity index (χ3n) is 4.07. The van der Waals surface area contributed by atoms with E-state index >= 15 is 0 Å². The van der Waals surface area contributed by atoms with E-state index in [1.807, 2.05) is 0 Å². The van der Waals surface area contributed by atoms with Crippen LogP contribution in [0.2, 0.25) is 0 Å². The van der Waals surface area contributed by atoms with Gasteiger partial charge in [-0.3, -0.25) is 4.99 Å². The van der Waals surface area contributed by atoms with Crippen molar-refractivity contribution in [2.24, 2.45) is 22.6 Å². The summed E-state index contributed by atoms with van der Waals surface area (Å²) in [5.74, 6) is 2.05. The van der Waals surface area contributed by atoms with Gasteiger partial charge in [0, 0.05) is 25.0 Å². The Balaban J connectivity index is 1.81. The maximum absolute atomic E-state index is 6.08. The molecule has 1 saturated heterocycles. The number of ether oxygens (including phenoxy) is 1. The van der Waals surface area contributed by atoms with E-state index in [1.165, 1.54) is 32.1 Å². The van der Waals surface area contributed by atoms with Crippen molar-refractivity contribution in [3.8, 4) is 0 Å². The molecule has 0 bridgehead atoms. The van der Waals surface area contributed by atoms with E-state index in [0.29, 0.717) is 17.9 Å². The quantitative estimate of drug-likeness (QED) is 0.591. The Bertz CT molecular complexity index is 246. The van der Waals surface area contributed by atoms with Gasteiger partial charge in [-0.05, 0) is 26.2 Å². The van der Waals surface area contributed by atoms with Gasteiger partial charge in [-0.2, -0.15) is 0 Å². The maximum Gasteiger partial charge on any atom is 0.0968 e. The van der Waals surface area contributed by atoms with Crippen molar-refractivity contribution in [3.05, 3.63) is 0 Å². The van der Waals surface area contributed by atoms with E-state index in [2.05, 4.69) is 11.9 Å². The maximum atomic E-state index is 6.08. The Kier molecular flexibility index (Phi) is 4.22. The van der Waals surface area contributed by atoms with Crippen molar-refractivity contribution < 1.29 is 4.74 Å². The summed E-state index contributed by atoms with van der Waals surface area (Å²) in [6, 6.07) is 0. The lowest BCUT2D eigenvalue weighted by molar-refractivity contribution is 0.107. The average molecular weight is 224 g/mol. The Morgan fingerprint density at radius 1 is 1.25 bits per heavy atom. The van der Waals surface area contributed by atoms with Gasteiger partial charge in [-0.1, -0.05) is 19.3 Å². The molecule has 3 heteroatoms. The fraction of sp³-hybridized carbons (Fsp3) is 0.923. The van der Waals surface area contributed by atoms with Gasteiger partial charge in [0.1, 0.15) is 0 Å². The molecule has 0 aromatic carbocycles. The number of amidine groups is 1. The van der Waals surface area contributed by atoms with Gasteiger partial charge in [-0.15, -0.1) is 0 Å². The van der Waals surface area contributed by atoms with Gasteiger partial charge in [0.05, 0.1) is 11.9 Å². The van der Waals surface area contributed by atoms with Crippen LogP contribution >= 0.6 is 0 Å². The molecule has 2 rings (SSSR count).